The largest absolute Gasteiger partial charge is 0.395 e. The first-order chi connectivity index (χ1) is 10.3. The Hall–Kier alpha value is -0.940. The van der Waals surface area contributed by atoms with Gasteiger partial charge in [-0.1, -0.05) is 30.3 Å². The molecule has 0 saturated heterocycles. The fourth-order valence-electron chi connectivity index (χ4n) is 2.23. The SMILES string of the molecule is OCCN(CCCc1nc(CCl)cs1)Cc1ccccc1. The summed E-state index contributed by atoms with van der Waals surface area (Å²) in [6.07, 6.45) is 2.01. The molecule has 2 rings (SSSR count). The predicted molar refractivity (Wildman–Crippen MR) is 88.8 cm³/mol. The van der Waals surface area contributed by atoms with Crippen LogP contribution in [0, 0.1) is 0 Å². The number of aliphatic hydroxyl groups is 1. The molecular formula is C16H21ClN2OS. The van der Waals surface area contributed by atoms with E-state index in [-0.39, 0.29) is 6.61 Å². The molecular weight excluding hydrogens is 304 g/mol. The Morgan fingerprint density at radius 1 is 1.19 bits per heavy atom. The first-order valence-electron chi connectivity index (χ1n) is 7.18. The van der Waals surface area contributed by atoms with E-state index in [9.17, 15) is 5.11 Å². The highest BCUT2D eigenvalue weighted by Crippen LogP contribution is 2.14. The van der Waals surface area contributed by atoms with Gasteiger partial charge in [0, 0.05) is 24.9 Å². The minimum absolute atomic E-state index is 0.195. The third-order valence-electron chi connectivity index (χ3n) is 3.27. The molecule has 0 fully saturated rings. The maximum atomic E-state index is 9.20. The number of thiazole rings is 1. The Morgan fingerprint density at radius 2 is 2.00 bits per heavy atom. The Morgan fingerprint density at radius 3 is 2.67 bits per heavy atom. The van der Waals surface area contributed by atoms with Crippen LogP contribution in [0.1, 0.15) is 22.7 Å². The van der Waals surface area contributed by atoms with Crippen molar-refractivity contribution in [3.05, 3.63) is 52.0 Å². The number of hydrogen-bond acceptors (Lipinski definition) is 4. The van der Waals surface area contributed by atoms with Crippen molar-refractivity contribution in [2.24, 2.45) is 0 Å². The van der Waals surface area contributed by atoms with Crippen molar-refractivity contribution < 1.29 is 5.11 Å². The second-order valence-electron chi connectivity index (χ2n) is 4.96. The summed E-state index contributed by atoms with van der Waals surface area (Å²) in [7, 11) is 0. The third-order valence-corrected chi connectivity index (χ3v) is 4.50. The first kappa shape index (κ1) is 16.4. The molecule has 0 amide bonds. The summed E-state index contributed by atoms with van der Waals surface area (Å²) in [6.45, 7) is 2.75. The average molecular weight is 325 g/mol. The van der Waals surface area contributed by atoms with Crippen molar-refractivity contribution in [2.75, 3.05) is 19.7 Å². The standard InChI is InChI=1S/C16H21ClN2OS/c17-11-15-13-21-16(18-15)7-4-8-19(9-10-20)12-14-5-2-1-3-6-14/h1-3,5-6,13,20H,4,7-12H2. The summed E-state index contributed by atoms with van der Waals surface area (Å²) in [4.78, 5) is 6.76. The zero-order valence-electron chi connectivity index (χ0n) is 12.0. The van der Waals surface area contributed by atoms with E-state index in [1.165, 1.54) is 5.56 Å². The van der Waals surface area contributed by atoms with E-state index in [2.05, 4.69) is 34.1 Å². The van der Waals surface area contributed by atoms with Gasteiger partial charge in [0.1, 0.15) is 0 Å². The van der Waals surface area contributed by atoms with Crippen molar-refractivity contribution in [1.82, 2.24) is 9.88 Å². The third kappa shape index (κ3) is 5.75. The molecule has 1 aromatic carbocycles. The molecule has 5 heteroatoms. The highest BCUT2D eigenvalue weighted by atomic mass is 35.5. The summed E-state index contributed by atoms with van der Waals surface area (Å²) < 4.78 is 0. The van der Waals surface area contributed by atoms with Crippen LogP contribution in [0.2, 0.25) is 0 Å². The van der Waals surface area contributed by atoms with Gasteiger partial charge in [-0.25, -0.2) is 4.98 Å². The van der Waals surface area contributed by atoms with Gasteiger partial charge in [-0.15, -0.1) is 22.9 Å². The van der Waals surface area contributed by atoms with Gasteiger partial charge >= 0.3 is 0 Å². The molecule has 0 aliphatic rings. The summed E-state index contributed by atoms with van der Waals surface area (Å²) in [5.74, 6) is 0.487. The van der Waals surface area contributed by atoms with Crippen LogP contribution >= 0.6 is 22.9 Å². The van der Waals surface area contributed by atoms with Crippen molar-refractivity contribution in [3.63, 3.8) is 0 Å². The molecule has 0 aliphatic carbocycles. The van der Waals surface area contributed by atoms with E-state index in [0.29, 0.717) is 12.4 Å². The zero-order valence-corrected chi connectivity index (χ0v) is 13.6. The topological polar surface area (TPSA) is 36.4 Å². The smallest absolute Gasteiger partial charge is 0.0929 e. The summed E-state index contributed by atoms with van der Waals surface area (Å²) in [6, 6.07) is 10.4. The lowest BCUT2D eigenvalue weighted by atomic mass is 10.2. The number of alkyl halides is 1. The molecule has 0 aliphatic heterocycles. The van der Waals surface area contributed by atoms with E-state index >= 15 is 0 Å². The molecule has 0 radical (unpaired) electrons. The molecule has 0 spiro atoms. The quantitative estimate of drug-likeness (QED) is 0.719. The number of nitrogens with zero attached hydrogens (tertiary/aromatic N) is 2. The van der Waals surface area contributed by atoms with Crippen molar-refractivity contribution >= 4 is 22.9 Å². The van der Waals surface area contributed by atoms with E-state index in [4.69, 9.17) is 11.6 Å². The molecule has 1 heterocycles. The number of aryl methyl sites for hydroxylation is 1. The molecule has 114 valence electrons. The van der Waals surface area contributed by atoms with Crippen LogP contribution < -0.4 is 0 Å². The number of aliphatic hydroxyl groups excluding tert-OH is 1. The molecule has 21 heavy (non-hydrogen) atoms. The van der Waals surface area contributed by atoms with E-state index in [0.717, 1.165) is 36.6 Å². The number of hydrogen-bond donors (Lipinski definition) is 1. The lowest BCUT2D eigenvalue weighted by Gasteiger charge is -2.21. The fourth-order valence-corrected chi connectivity index (χ4v) is 3.30. The van der Waals surface area contributed by atoms with Gasteiger partial charge in [-0.3, -0.25) is 4.90 Å². The molecule has 0 atom stereocenters. The minimum Gasteiger partial charge on any atom is -0.395 e. The van der Waals surface area contributed by atoms with Gasteiger partial charge in [-0.2, -0.15) is 0 Å². The molecule has 1 N–H and O–H groups in total. The van der Waals surface area contributed by atoms with Gasteiger partial charge in [0.2, 0.25) is 0 Å². The normalized spacial score (nSPS) is 11.2. The van der Waals surface area contributed by atoms with Crippen LogP contribution in [0.5, 0.6) is 0 Å². The van der Waals surface area contributed by atoms with Crippen LogP contribution in [0.3, 0.4) is 0 Å². The van der Waals surface area contributed by atoms with Gasteiger partial charge in [0.25, 0.3) is 0 Å². The summed E-state index contributed by atoms with van der Waals surface area (Å²) in [5, 5.41) is 12.4. The van der Waals surface area contributed by atoms with Gasteiger partial charge in [-0.05, 0) is 18.5 Å². The van der Waals surface area contributed by atoms with Crippen LogP contribution in [0.25, 0.3) is 0 Å². The maximum absolute atomic E-state index is 9.20. The second kappa shape index (κ2) is 9.15. The Balaban J connectivity index is 1.79. The van der Waals surface area contributed by atoms with E-state index in [1.807, 2.05) is 11.4 Å². The molecule has 0 saturated carbocycles. The van der Waals surface area contributed by atoms with E-state index in [1.54, 1.807) is 11.3 Å². The Bertz CT molecular complexity index is 518. The minimum atomic E-state index is 0.195. The van der Waals surface area contributed by atoms with Crippen LogP contribution in [-0.2, 0) is 18.8 Å². The average Bonchev–Trinajstić information content (AvgIpc) is 2.96. The number of aromatic nitrogens is 1. The van der Waals surface area contributed by atoms with Crippen LogP contribution in [0.4, 0.5) is 0 Å². The van der Waals surface area contributed by atoms with Crippen LogP contribution in [0.15, 0.2) is 35.7 Å². The lowest BCUT2D eigenvalue weighted by Crippen LogP contribution is -2.27. The fraction of sp³-hybridized carbons (Fsp3) is 0.438. The zero-order chi connectivity index (χ0) is 14.9. The second-order valence-corrected chi connectivity index (χ2v) is 6.17. The van der Waals surface area contributed by atoms with Crippen LogP contribution in [-0.4, -0.2) is 34.7 Å². The Kier molecular flexibility index (Phi) is 7.16. The van der Waals surface area contributed by atoms with Gasteiger partial charge < -0.3 is 5.11 Å². The van der Waals surface area contributed by atoms with Crippen molar-refractivity contribution in [1.29, 1.82) is 0 Å². The van der Waals surface area contributed by atoms with E-state index < -0.39 is 0 Å². The lowest BCUT2D eigenvalue weighted by molar-refractivity contribution is 0.189. The molecule has 0 unspecified atom stereocenters. The number of halogens is 1. The van der Waals surface area contributed by atoms with Crippen molar-refractivity contribution in [3.8, 4) is 0 Å². The van der Waals surface area contributed by atoms with Crippen molar-refractivity contribution in [2.45, 2.75) is 25.3 Å². The summed E-state index contributed by atoms with van der Waals surface area (Å²) in [5.41, 5.74) is 2.25. The maximum Gasteiger partial charge on any atom is 0.0929 e. The summed E-state index contributed by atoms with van der Waals surface area (Å²) >= 11 is 7.44. The highest BCUT2D eigenvalue weighted by molar-refractivity contribution is 7.09. The monoisotopic (exact) mass is 324 g/mol. The number of benzene rings is 1. The molecule has 3 nitrogen and oxygen atoms in total. The first-order valence-corrected chi connectivity index (χ1v) is 8.59. The molecule has 2 aromatic rings. The Labute approximate surface area is 135 Å². The number of rotatable bonds is 9. The predicted octanol–water partition coefficient (Wildman–Crippen LogP) is 3.31. The molecule has 0 bridgehead atoms. The van der Waals surface area contributed by atoms with Gasteiger partial charge in [0.05, 0.1) is 23.2 Å². The highest BCUT2D eigenvalue weighted by Gasteiger charge is 2.07. The van der Waals surface area contributed by atoms with Gasteiger partial charge in [0.15, 0.2) is 0 Å². The molecule has 1 aromatic heterocycles.